The van der Waals surface area contributed by atoms with Crippen LogP contribution in [0, 0.1) is 0 Å². The monoisotopic (exact) mass is 192 g/mol. The van der Waals surface area contributed by atoms with Crippen LogP contribution >= 0.6 is 0 Å². The van der Waals surface area contributed by atoms with Crippen LogP contribution in [0.25, 0.3) is 0 Å². The highest BCUT2D eigenvalue weighted by atomic mass is 28.4. The topological polar surface area (TPSA) is 38.7 Å². The largest absolute Gasteiger partial charge is 0.503 e. The standard InChI is InChI=1S/C8H20O3Si/c1-6-10-12(9,11-7-2)8(3,4)5/h9H,6-7H2,1-5H3. The van der Waals surface area contributed by atoms with E-state index in [9.17, 15) is 4.80 Å². The Bertz CT molecular complexity index is 125. The summed E-state index contributed by atoms with van der Waals surface area (Å²) in [7, 11) is -2.95. The van der Waals surface area contributed by atoms with Crippen LogP contribution in [0.1, 0.15) is 34.6 Å². The Morgan fingerprint density at radius 1 is 1.08 bits per heavy atom. The molecule has 0 amide bonds. The van der Waals surface area contributed by atoms with Gasteiger partial charge in [-0.3, -0.25) is 0 Å². The maximum Gasteiger partial charge on any atom is 0.503 e. The lowest BCUT2D eigenvalue weighted by atomic mass is 10.3. The molecule has 0 aliphatic carbocycles. The summed E-state index contributed by atoms with van der Waals surface area (Å²) < 4.78 is 10.6. The molecule has 0 unspecified atom stereocenters. The van der Waals surface area contributed by atoms with Crippen LogP contribution in [0.4, 0.5) is 0 Å². The van der Waals surface area contributed by atoms with Crippen molar-refractivity contribution in [3.63, 3.8) is 0 Å². The first-order chi connectivity index (χ1) is 5.37. The molecule has 0 radical (unpaired) electrons. The van der Waals surface area contributed by atoms with Gasteiger partial charge in [-0.2, -0.15) is 0 Å². The van der Waals surface area contributed by atoms with Crippen LogP contribution in [0.5, 0.6) is 0 Å². The van der Waals surface area contributed by atoms with Crippen LogP contribution < -0.4 is 0 Å². The first kappa shape index (κ1) is 12.1. The van der Waals surface area contributed by atoms with E-state index in [0.29, 0.717) is 13.2 Å². The molecule has 0 bridgehead atoms. The summed E-state index contributed by atoms with van der Waals surface area (Å²) in [6.45, 7) is 10.5. The van der Waals surface area contributed by atoms with Gasteiger partial charge >= 0.3 is 8.80 Å². The highest BCUT2D eigenvalue weighted by Crippen LogP contribution is 2.35. The SMILES string of the molecule is CCO[Si](O)(OCC)C(C)(C)C. The van der Waals surface area contributed by atoms with E-state index in [1.807, 2.05) is 34.6 Å². The zero-order valence-corrected chi connectivity index (χ0v) is 9.68. The second-order valence-corrected chi connectivity index (χ2v) is 6.94. The van der Waals surface area contributed by atoms with Crippen molar-refractivity contribution in [1.82, 2.24) is 0 Å². The van der Waals surface area contributed by atoms with Gasteiger partial charge in [0.05, 0.1) is 0 Å². The molecule has 0 atom stereocenters. The van der Waals surface area contributed by atoms with Crippen molar-refractivity contribution in [2.75, 3.05) is 13.2 Å². The first-order valence-corrected chi connectivity index (χ1v) is 6.14. The Balaban J connectivity index is 4.38. The van der Waals surface area contributed by atoms with Gasteiger partial charge in [0.1, 0.15) is 0 Å². The average molecular weight is 192 g/mol. The molecule has 0 aliphatic rings. The normalized spacial score (nSPS) is 13.5. The quantitative estimate of drug-likeness (QED) is 0.690. The van der Waals surface area contributed by atoms with E-state index in [1.165, 1.54) is 0 Å². The number of hydrogen-bond donors (Lipinski definition) is 1. The minimum atomic E-state index is -2.95. The predicted molar refractivity (Wildman–Crippen MR) is 50.9 cm³/mol. The minimum absolute atomic E-state index is 0.293. The smallest absolute Gasteiger partial charge is 0.389 e. The van der Waals surface area contributed by atoms with E-state index < -0.39 is 8.80 Å². The van der Waals surface area contributed by atoms with Crippen LogP contribution in [-0.2, 0) is 8.85 Å². The molecule has 4 heteroatoms. The van der Waals surface area contributed by atoms with Gasteiger partial charge in [-0.15, -0.1) is 0 Å². The molecular weight excluding hydrogens is 172 g/mol. The van der Waals surface area contributed by atoms with Crippen LogP contribution in [0.15, 0.2) is 0 Å². The zero-order chi connectivity index (χ0) is 9.83. The molecule has 0 rings (SSSR count). The van der Waals surface area contributed by atoms with E-state index in [-0.39, 0.29) is 5.04 Å². The second kappa shape index (κ2) is 4.37. The van der Waals surface area contributed by atoms with Gasteiger partial charge in [-0.05, 0) is 13.8 Å². The fourth-order valence-corrected chi connectivity index (χ4v) is 2.60. The second-order valence-electron chi connectivity index (χ2n) is 3.70. The molecule has 0 aromatic rings. The highest BCUT2D eigenvalue weighted by molar-refractivity contribution is 6.62. The lowest BCUT2D eigenvalue weighted by molar-refractivity contribution is 0.0855. The Kier molecular flexibility index (Phi) is 4.40. The first-order valence-electron chi connectivity index (χ1n) is 4.37. The summed E-state index contributed by atoms with van der Waals surface area (Å²) in [4.78, 5) is 10.0. The maximum atomic E-state index is 10.0. The van der Waals surface area contributed by atoms with E-state index in [1.54, 1.807) is 0 Å². The van der Waals surface area contributed by atoms with E-state index in [4.69, 9.17) is 8.85 Å². The van der Waals surface area contributed by atoms with E-state index in [0.717, 1.165) is 0 Å². The fourth-order valence-electron chi connectivity index (χ4n) is 0.866. The molecule has 0 aromatic carbocycles. The Morgan fingerprint density at radius 3 is 1.58 bits per heavy atom. The molecular formula is C8H20O3Si. The van der Waals surface area contributed by atoms with E-state index in [2.05, 4.69) is 0 Å². The summed E-state index contributed by atoms with van der Waals surface area (Å²) in [6, 6.07) is 0. The third kappa shape index (κ3) is 2.86. The van der Waals surface area contributed by atoms with Crippen LogP contribution in [0.2, 0.25) is 5.04 Å². The number of rotatable bonds is 4. The molecule has 0 aromatic heterocycles. The summed E-state index contributed by atoms with van der Waals surface area (Å²) in [6.07, 6.45) is 0. The van der Waals surface area contributed by atoms with Crippen molar-refractivity contribution in [3.8, 4) is 0 Å². The highest BCUT2D eigenvalue weighted by Gasteiger charge is 2.49. The third-order valence-electron chi connectivity index (χ3n) is 1.63. The molecule has 0 spiro atoms. The molecule has 0 fully saturated rings. The van der Waals surface area contributed by atoms with Gasteiger partial charge in [0, 0.05) is 18.3 Å². The Hall–Kier alpha value is 0.0969. The molecule has 0 saturated carbocycles. The van der Waals surface area contributed by atoms with Crippen molar-refractivity contribution < 1.29 is 13.6 Å². The molecule has 0 saturated heterocycles. The molecule has 74 valence electrons. The fraction of sp³-hybridized carbons (Fsp3) is 1.00. The van der Waals surface area contributed by atoms with Gasteiger partial charge in [-0.1, -0.05) is 20.8 Å². The predicted octanol–water partition coefficient (Wildman–Crippen LogP) is 1.79. The summed E-state index contributed by atoms with van der Waals surface area (Å²) >= 11 is 0. The van der Waals surface area contributed by atoms with Crippen molar-refractivity contribution in [2.45, 2.75) is 39.7 Å². The van der Waals surface area contributed by atoms with E-state index >= 15 is 0 Å². The molecule has 3 nitrogen and oxygen atoms in total. The Morgan fingerprint density at radius 2 is 1.42 bits per heavy atom. The van der Waals surface area contributed by atoms with Crippen molar-refractivity contribution >= 4 is 8.80 Å². The van der Waals surface area contributed by atoms with Gasteiger partial charge in [0.15, 0.2) is 0 Å². The van der Waals surface area contributed by atoms with Crippen LogP contribution in [0.3, 0.4) is 0 Å². The average Bonchev–Trinajstić information content (AvgIpc) is 1.86. The lowest BCUT2D eigenvalue weighted by Gasteiger charge is -2.34. The van der Waals surface area contributed by atoms with Gasteiger partial charge < -0.3 is 13.6 Å². The molecule has 1 N–H and O–H groups in total. The summed E-state index contributed by atoms with van der Waals surface area (Å²) in [5, 5.41) is -0.293. The number of hydrogen-bond acceptors (Lipinski definition) is 3. The molecule has 0 heterocycles. The minimum Gasteiger partial charge on any atom is -0.389 e. The molecule has 0 aliphatic heterocycles. The Labute approximate surface area is 76.1 Å². The van der Waals surface area contributed by atoms with Crippen molar-refractivity contribution in [3.05, 3.63) is 0 Å². The lowest BCUT2D eigenvalue weighted by Crippen LogP contribution is -2.50. The third-order valence-corrected chi connectivity index (χ3v) is 4.88. The molecule has 12 heavy (non-hydrogen) atoms. The van der Waals surface area contributed by atoms with Gasteiger partial charge in [0.2, 0.25) is 0 Å². The van der Waals surface area contributed by atoms with Gasteiger partial charge in [0.25, 0.3) is 0 Å². The van der Waals surface area contributed by atoms with Gasteiger partial charge in [-0.25, -0.2) is 0 Å². The summed E-state index contributed by atoms with van der Waals surface area (Å²) in [5.74, 6) is 0. The summed E-state index contributed by atoms with van der Waals surface area (Å²) in [5.41, 5.74) is 0. The maximum absolute atomic E-state index is 10.0. The van der Waals surface area contributed by atoms with Crippen molar-refractivity contribution in [2.24, 2.45) is 0 Å². The van der Waals surface area contributed by atoms with Crippen molar-refractivity contribution in [1.29, 1.82) is 0 Å². The van der Waals surface area contributed by atoms with Crippen LogP contribution in [-0.4, -0.2) is 26.8 Å². The zero-order valence-electron chi connectivity index (χ0n) is 8.68.